The highest BCUT2D eigenvalue weighted by atomic mass is 16.5. The molecule has 1 heterocycles. The Hall–Kier alpha value is -3.85. The summed E-state index contributed by atoms with van der Waals surface area (Å²) in [6.07, 6.45) is 7.88. The number of aryl methyl sites for hydroxylation is 1. The van der Waals surface area contributed by atoms with E-state index in [0.29, 0.717) is 0 Å². The molecule has 0 spiro atoms. The smallest absolute Gasteiger partial charge is 0.140 e. The largest absolute Gasteiger partial charge is 0.490 e. The molecule has 5 rings (SSSR count). The van der Waals surface area contributed by atoms with Gasteiger partial charge < -0.3 is 9.30 Å². The van der Waals surface area contributed by atoms with E-state index in [9.17, 15) is 0 Å². The van der Waals surface area contributed by atoms with E-state index in [0.717, 1.165) is 48.3 Å². The first-order valence-electron chi connectivity index (χ1n) is 12.0. The van der Waals surface area contributed by atoms with E-state index in [4.69, 9.17) is 9.72 Å². The maximum Gasteiger partial charge on any atom is 0.140 e. The summed E-state index contributed by atoms with van der Waals surface area (Å²) in [7, 11) is 2.11. The summed E-state index contributed by atoms with van der Waals surface area (Å²) in [6.45, 7) is 7.69. The second-order valence-electron chi connectivity index (χ2n) is 8.78. The lowest BCUT2D eigenvalue weighted by atomic mass is 10.00. The van der Waals surface area contributed by atoms with Gasteiger partial charge in [0.1, 0.15) is 11.6 Å². The number of imidazole rings is 1. The topological polar surface area (TPSA) is 27.1 Å². The zero-order valence-corrected chi connectivity index (χ0v) is 19.7. The van der Waals surface area contributed by atoms with E-state index in [1.54, 1.807) is 0 Å². The number of nitrogens with zero attached hydrogens (tertiary/aromatic N) is 2. The fraction of sp³-hybridized carbons (Fsp3) is 0.194. The Morgan fingerprint density at radius 3 is 1.97 bits per heavy atom. The SMILES string of the molecule is C=CCCC(CCC=C)Oc1ccc(-c2nc3c4ccccc4c4ccccc4c3n2C)cc1. The molecule has 0 aliphatic rings. The van der Waals surface area contributed by atoms with E-state index < -0.39 is 0 Å². The van der Waals surface area contributed by atoms with Crippen molar-refractivity contribution >= 4 is 32.6 Å². The number of ether oxygens (including phenoxy) is 1. The molecule has 3 heteroatoms. The number of hydrogen-bond donors (Lipinski definition) is 0. The fourth-order valence-electron chi connectivity index (χ4n) is 4.85. The van der Waals surface area contributed by atoms with Gasteiger partial charge in [0.2, 0.25) is 0 Å². The number of fused-ring (bicyclic) bond motifs is 6. The lowest BCUT2D eigenvalue weighted by Crippen LogP contribution is -2.16. The summed E-state index contributed by atoms with van der Waals surface area (Å²) in [5, 5.41) is 4.91. The molecule has 34 heavy (non-hydrogen) atoms. The highest BCUT2D eigenvalue weighted by Gasteiger charge is 2.17. The van der Waals surface area contributed by atoms with Crippen LogP contribution in [0, 0.1) is 0 Å². The highest BCUT2D eigenvalue weighted by molar-refractivity contribution is 6.23. The van der Waals surface area contributed by atoms with Crippen molar-refractivity contribution in [1.29, 1.82) is 0 Å². The third kappa shape index (κ3) is 3.99. The van der Waals surface area contributed by atoms with Crippen LogP contribution in [0.1, 0.15) is 25.7 Å². The van der Waals surface area contributed by atoms with Gasteiger partial charge in [0.15, 0.2) is 0 Å². The van der Waals surface area contributed by atoms with Crippen LogP contribution < -0.4 is 4.74 Å². The molecule has 3 nitrogen and oxygen atoms in total. The van der Waals surface area contributed by atoms with Crippen LogP contribution in [0.15, 0.2) is 98.1 Å². The molecule has 0 radical (unpaired) electrons. The third-order valence-electron chi connectivity index (χ3n) is 6.55. The summed E-state index contributed by atoms with van der Waals surface area (Å²) in [6, 6.07) is 25.5. The van der Waals surface area contributed by atoms with Gasteiger partial charge in [-0.2, -0.15) is 0 Å². The van der Waals surface area contributed by atoms with Crippen LogP contribution in [0.5, 0.6) is 5.75 Å². The summed E-state index contributed by atoms with van der Waals surface area (Å²) in [4.78, 5) is 5.13. The third-order valence-corrected chi connectivity index (χ3v) is 6.55. The Bertz CT molecular complexity index is 1460. The van der Waals surface area contributed by atoms with Gasteiger partial charge in [-0.05, 0) is 60.7 Å². The van der Waals surface area contributed by atoms with Gasteiger partial charge in [-0.15, -0.1) is 13.2 Å². The standard InChI is InChI=1S/C31H30N2O/c1-4-6-12-23(13-7-5-2)34-24-20-18-22(19-21-24)31-32-29-27-16-10-8-14-25(27)26-15-9-11-17-28(26)30(29)33(31)3/h4-5,8-11,14-21,23H,1-2,6-7,12-13H2,3H3. The molecule has 0 atom stereocenters. The predicted octanol–water partition coefficient (Wildman–Crippen LogP) is 8.23. The number of hydrogen-bond acceptors (Lipinski definition) is 2. The number of benzene rings is 4. The molecule has 0 unspecified atom stereocenters. The van der Waals surface area contributed by atoms with Crippen LogP contribution in [-0.2, 0) is 7.05 Å². The van der Waals surface area contributed by atoms with Crippen molar-refractivity contribution < 1.29 is 4.74 Å². The molecule has 170 valence electrons. The van der Waals surface area contributed by atoms with E-state index in [1.165, 1.54) is 27.1 Å². The second-order valence-corrected chi connectivity index (χ2v) is 8.78. The Kier molecular flexibility index (Phi) is 6.18. The average molecular weight is 447 g/mol. The van der Waals surface area contributed by atoms with Crippen LogP contribution in [-0.4, -0.2) is 15.7 Å². The minimum Gasteiger partial charge on any atom is -0.490 e. The van der Waals surface area contributed by atoms with Crippen LogP contribution in [0.25, 0.3) is 44.0 Å². The highest BCUT2D eigenvalue weighted by Crippen LogP contribution is 2.37. The molecule has 0 saturated heterocycles. The minimum atomic E-state index is 0.162. The normalized spacial score (nSPS) is 11.5. The van der Waals surface area contributed by atoms with Crippen molar-refractivity contribution in [3.63, 3.8) is 0 Å². The van der Waals surface area contributed by atoms with Crippen molar-refractivity contribution in [3.8, 4) is 17.1 Å². The zero-order valence-electron chi connectivity index (χ0n) is 19.7. The molecule has 0 fully saturated rings. The van der Waals surface area contributed by atoms with Crippen molar-refractivity contribution in [2.45, 2.75) is 31.8 Å². The Morgan fingerprint density at radius 1 is 0.794 bits per heavy atom. The van der Waals surface area contributed by atoms with Crippen molar-refractivity contribution in [3.05, 3.63) is 98.1 Å². The Morgan fingerprint density at radius 2 is 1.35 bits per heavy atom. The second kappa shape index (κ2) is 9.56. The first-order valence-corrected chi connectivity index (χ1v) is 12.0. The summed E-state index contributed by atoms with van der Waals surface area (Å²) >= 11 is 0. The molecule has 0 saturated carbocycles. The lowest BCUT2D eigenvalue weighted by Gasteiger charge is -2.18. The summed E-state index contributed by atoms with van der Waals surface area (Å²) < 4.78 is 8.51. The Balaban J connectivity index is 1.54. The molecule has 5 aromatic rings. The maximum atomic E-state index is 6.29. The van der Waals surface area contributed by atoms with Gasteiger partial charge in [-0.3, -0.25) is 0 Å². The Labute approximate surface area is 201 Å². The van der Waals surface area contributed by atoms with E-state index >= 15 is 0 Å². The number of allylic oxidation sites excluding steroid dienone is 2. The molecule has 4 aromatic carbocycles. The molecule has 0 bridgehead atoms. The molecule has 0 aliphatic heterocycles. The molecular weight excluding hydrogens is 416 g/mol. The van der Waals surface area contributed by atoms with Crippen LogP contribution in [0.4, 0.5) is 0 Å². The zero-order chi connectivity index (χ0) is 23.5. The van der Waals surface area contributed by atoms with Crippen molar-refractivity contribution in [2.75, 3.05) is 0 Å². The molecule has 0 amide bonds. The van der Waals surface area contributed by atoms with Crippen LogP contribution >= 0.6 is 0 Å². The van der Waals surface area contributed by atoms with E-state index in [1.807, 2.05) is 12.2 Å². The minimum absolute atomic E-state index is 0.162. The van der Waals surface area contributed by atoms with Crippen molar-refractivity contribution in [2.24, 2.45) is 7.05 Å². The van der Waals surface area contributed by atoms with Gasteiger partial charge in [0, 0.05) is 23.4 Å². The van der Waals surface area contributed by atoms with Crippen molar-refractivity contribution in [1.82, 2.24) is 9.55 Å². The quantitative estimate of drug-likeness (QED) is 0.168. The maximum absolute atomic E-state index is 6.29. The predicted molar refractivity (Wildman–Crippen MR) is 144 cm³/mol. The summed E-state index contributed by atoms with van der Waals surface area (Å²) in [5.41, 5.74) is 3.28. The first kappa shape index (κ1) is 22.0. The lowest BCUT2D eigenvalue weighted by molar-refractivity contribution is 0.183. The number of aromatic nitrogens is 2. The van der Waals surface area contributed by atoms with E-state index in [2.05, 4.69) is 97.6 Å². The van der Waals surface area contributed by atoms with E-state index in [-0.39, 0.29) is 6.10 Å². The fourth-order valence-corrected chi connectivity index (χ4v) is 4.85. The van der Waals surface area contributed by atoms with Gasteiger partial charge in [0.05, 0.1) is 17.1 Å². The van der Waals surface area contributed by atoms with Crippen LogP contribution in [0.3, 0.4) is 0 Å². The molecule has 0 N–H and O–H groups in total. The van der Waals surface area contributed by atoms with Crippen LogP contribution in [0.2, 0.25) is 0 Å². The molecule has 0 aliphatic carbocycles. The summed E-state index contributed by atoms with van der Waals surface area (Å²) in [5.74, 6) is 1.84. The van der Waals surface area contributed by atoms with Gasteiger partial charge in [0.25, 0.3) is 0 Å². The molecular formula is C31H30N2O. The first-order chi connectivity index (χ1) is 16.7. The molecule has 1 aromatic heterocycles. The average Bonchev–Trinajstić information content (AvgIpc) is 3.23. The van der Waals surface area contributed by atoms with Gasteiger partial charge in [-0.1, -0.05) is 60.7 Å². The van der Waals surface area contributed by atoms with Gasteiger partial charge >= 0.3 is 0 Å². The number of rotatable bonds is 9. The monoisotopic (exact) mass is 446 g/mol. The van der Waals surface area contributed by atoms with Gasteiger partial charge in [-0.25, -0.2) is 4.98 Å².